The molecule has 1 spiro atoms. The van der Waals surface area contributed by atoms with Crippen LogP contribution in [-0.2, 0) is 14.3 Å². The normalized spacial score (nSPS) is 49.5. The fraction of sp³-hybridized carbons (Fsp3) is 0.857. The fourth-order valence-electron chi connectivity index (χ4n) is 7.44. The molecule has 5 aliphatic rings. The standard InChI is InChI=1S/C21H30O3/c1-19-8-5-15(22)13-14(19)3-4-16-17(19)6-9-20(2)18(16)7-10-21(20)23-11-12-24-21/h13,16-18H,3-12H2,1-2H3/t16?,17?,18-,19?,20-/m0/s1. The summed E-state index contributed by atoms with van der Waals surface area (Å²) in [6.07, 6.45) is 11.0. The first-order chi connectivity index (χ1) is 11.5. The molecule has 3 unspecified atom stereocenters. The van der Waals surface area contributed by atoms with Crippen molar-refractivity contribution in [2.24, 2.45) is 28.6 Å². The minimum absolute atomic E-state index is 0.187. The third-order valence-corrected chi connectivity index (χ3v) is 8.76. The number of hydrogen-bond donors (Lipinski definition) is 0. The van der Waals surface area contributed by atoms with Gasteiger partial charge in [0.2, 0.25) is 0 Å². The van der Waals surface area contributed by atoms with Crippen LogP contribution in [0.3, 0.4) is 0 Å². The number of rotatable bonds is 0. The summed E-state index contributed by atoms with van der Waals surface area (Å²) in [5.41, 5.74) is 1.92. The Balaban J connectivity index is 1.49. The van der Waals surface area contributed by atoms with E-state index in [1.807, 2.05) is 6.08 Å². The van der Waals surface area contributed by atoms with Gasteiger partial charge in [0.25, 0.3) is 0 Å². The molecule has 132 valence electrons. The van der Waals surface area contributed by atoms with Gasteiger partial charge < -0.3 is 9.47 Å². The second kappa shape index (κ2) is 4.94. The number of carbonyl (C=O) groups is 1. The van der Waals surface area contributed by atoms with E-state index in [0.29, 0.717) is 5.78 Å². The number of ketones is 1. The van der Waals surface area contributed by atoms with E-state index in [1.54, 1.807) is 0 Å². The minimum Gasteiger partial charge on any atom is -0.347 e. The summed E-state index contributed by atoms with van der Waals surface area (Å²) in [6.45, 7) is 6.44. The molecule has 0 N–H and O–H groups in total. The first-order valence-electron chi connectivity index (χ1n) is 10.0. The van der Waals surface area contributed by atoms with E-state index in [-0.39, 0.29) is 16.6 Å². The molecule has 0 radical (unpaired) electrons. The van der Waals surface area contributed by atoms with Gasteiger partial charge in [-0.15, -0.1) is 0 Å². The Bertz CT molecular complexity index is 602. The van der Waals surface area contributed by atoms with Crippen molar-refractivity contribution in [2.75, 3.05) is 13.2 Å². The van der Waals surface area contributed by atoms with Crippen molar-refractivity contribution >= 4 is 5.78 Å². The van der Waals surface area contributed by atoms with Crippen molar-refractivity contribution in [3.05, 3.63) is 11.6 Å². The first kappa shape index (κ1) is 15.6. The molecular formula is C21H30O3. The minimum atomic E-state index is -0.289. The largest absolute Gasteiger partial charge is 0.347 e. The van der Waals surface area contributed by atoms with Crippen LogP contribution in [0.15, 0.2) is 11.6 Å². The molecule has 0 aromatic carbocycles. The lowest BCUT2D eigenvalue weighted by Gasteiger charge is -2.58. The van der Waals surface area contributed by atoms with Crippen molar-refractivity contribution in [3.63, 3.8) is 0 Å². The van der Waals surface area contributed by atoms with Gasteiger partial charge in [0, 0.05) is 18.3 Å². The predicted molar refractivity (Wildman–Crippen MR) is 91.3 cm³/mol. The van der Waals surface area contributed by atoms with E-state index in [1.165, 1.54) is 31.3 Å². The Kier molecular flexibility index (Phi) is 3.21. The van der Waals surface area contributed by atoms with Gasteiger partial charge in [-0.05, 0) is 67.8 Å². The number of allylic oxidation sites excluding steroid dienone is 1. The van der Waals surface area contributed by atoms with Gasteiger partial charge in [-0.3, -0.25) is 4.79 Å². The maximum absolute atomic E-state index is 11.9. The van der Waals surface area contributed by atoms with E-state index in [2.05, 4.69) is 13.8 Å². The average molecular weight is 330 g/mol. The van der Waals surface area contributed by atoms with Gasteiger partial charge in [0.05, 0.1) is 13.2 Å². The highest BCUT2D eigenvalue weighted by Crippen LogP contribution is 2.68. The molecule has 0 amide bonds. The van der Waals surface area contributed by atoms with Crippen LogP contribution in [0.4, 0.5) is 0 Å². The molecule has 3 heteroatoms. The Morgan fingerprint density at radius 2 is 1.71 bits per heavy atom. The van der Waals surface area contributed by atoms with E-state index in [4.69, 9.17) is 9.47 Å². The van der Waals surface area contributed by atoms with Crippen LogP contribution in [-0.4, -0.2) is 24.8 Å². The van der Waals surface area contributed by atoms with E-state index >= 15 is 0 Å². The van der Waals surface area contributed by atoms with Crippen molar-refractivity contribution < 1.29 is 14.3 Å². The van der Waals surface area contributed by atoms with Crippen LogP contribution in [0, 0.1) is 28.6 Å². The SMILES string of the molecule is CC12CCC(=O)C=C1CCC1C2CC[C@@]2(C)[C@H]1CCC21OCCO1. The lowest BCUT2D eigenvalue weighted by atomic mass is 9.47. The maximum atomic E-state index is 11.9. The highest BCUT2D eigenvalue weighted by Gasteiger charge is 2.66. The van der Waals surface area contributed by atoms with Crippen molar-refractivity contribution in [1.29, 1.82) is 0 Å². The van der Waals surface area contributed by atoms with Crippen molar-refractivity contribution in [2.45, 2.75) is 71.0 Å². The van der Waals surface area contributed by atoms with E-state index in [0.717, 1.165) is 56.7 Å². The fourth-order valence-corrected chi connectivity index (χ4v) is 7.44. The smallest absolute Gasteiger partial charge is 0.174 e. The van der Waals surface area contributed by atoms with Gasteiger partial charge in [-0.1, -0.05) is 19.4 Å². The summed E-state index contributed by atoms with van der Waals surface area (Å²) in [7, 11) is 0. The molecule has 5 atom stereocenters. The number of carbonyl (C=O) groups excluding carboxylic acids is 1. The molecule has 0 aromatic rings. The van der Waals surface area contributed by atoms with E-state index in [9.17, 15) is 4.79 Å². The molecule has 4 aliphatic carbocycles. The molecule has 4 fully saturated rings. The Hall–Kier alpha value is -0.670. The van der Waals surface area contributed by atoms with Crippen LogP contribution in [0.25, 0.3) is 0 Å². The third kappa shape index (κ3) is 1.78. The summed E-state index contributed by atoms with van der Waals surface area (Å²) >= 11 is 0. The van der Waals surface area contributed by atoms with Crippen LogP contribution >= 0.6 is 0 Å². The average Bonchev–Trinajstić information content (AvgIpc) is 3.15. The molecule has 24 heavy (non-hydrogen) atoms. The van der Waals surface area contributed by atoms with Crippen LogP contribution in [0.2, 0.25) is 0 Å². The monoisotopic (exact) mass is 330 g/mol. The molecular weight excluding hydrogens is 300 g/mol. The second-order valence-corrected chi connectivity index (χ2v) is 9.41. The number of fused-ring (bicyclic) bond motifs is 6. The molecule has 1 heterocycles. The third-order valence-electron chi connectivity index (χ3n) is 8.76. The lowest BCUT2D eigenvalue weighted by molar-refractivity contribution is -0.242. The van der Waals surface area contributed by atoms with Gasteiger partial charge >= 0.3 is 0 Å². The molecule has 0 bridgehead atoms. The zero-order valence-corrected chi connectivity index (χ0v) is 15.1. The summed E-state index contributed by atoms with van der Waals surface area (Å²) in [6, 6.07) is 0. The van der Waals surface area contributed by atoms with Gasteiger partial charge in [-0.25, -0.2) is 0 Å². The van der Waals surface area contributed by atoms with Crippen LogP contribution < -0.4 is 0 Å². The second-order valence-electron chi connectivity index (χ2n) is 9.41. The Morgan fingerprint density at radius 3 is 2.50 bits per heavy atom. The summed E-state index contributed by atoms with van der Waals surface area (Å²) in [5, 5.41) is 0. The maximum Gasteiger partial charge on any atom is 0.174 e. The molecule has 3 nitrogen and oxygen atoms in total. The zero-order valence-electron chi connectivity index (χ0n) is 15.1. The molecule has 1 aliphatic heterocycles. The summed E-state index contributed by atoms with van der Waals surface area (Å²) in [5.74, 6) is 2.33. The topological polar surface area (TPSA) is 35.5 Å². The van der Waals surface area contributed by atoms with Gasteiger partial charge in [0.15, 0.2) is 11.6 Å². The highest BCUT2D eigenvalue weighted by molar-refractivity contribution is 5.91. The quantitative estimate of drug-likeness (QED) is 0.666. The van der Waals surface area contributed by atoms with Crippen molar-refractivity contribution in [3.8, 4) is 0 Å². The van der Waals surface area contributed by atoms with Gasteiger partial charge in [-0.2, -0.15) is 0 Å². The lowest BCUT2D eigenvalue weighted by Crippen LogP contribution is -2.55. The molecule has 1 saturated heterocycles. The first-order valence-corrected chi connectivity index (χ1v) is 10.0. The summed E-state index contributed by atoms with van der Waals surface area (Å²) < 4.78 is 12.4. The van der Waals surface area contributed by atoms with Crippen LogP contribution in [0.5, 0.6) is 0 Å². The predicted octanol–water partition coefficient (Wildman–Crippen LogP) is 4.26. The number of hydrogen-bond acceptors (Lipinski definition) is 3. The molecule has 5 rings (SSSR count). The highest BCUT2D eigenvalue weighted by atomic mass is 16.7. The van der Waals surface area contributed by atoms with Crippen molar-refractivity contribution in [1.82, 2.24) is 0 Å². The Morgan fingerprint density at radius 1 is 0.958 bits per heavy atom. The van der Waals surface area contributed by atoms with Crippen LogP contribution in [0.1, 0.15) is 65.2 Å². The molecule has 3 saturated carbocycles. The summed E-state index contributed by atoms with van der Waals surface area (Å²) in [4.78, 5) is 11.9. The Labute approximate surface area is 145 Å². The molecule has 0 aromatic heterocycles. The number of ether oxygens (including phenoxy) is 2. The van der Waals surface area contributed by atoms with E-state index < -0.39 is 0 Å². The van der Waals surface area contributed by atoms with Gasteiger partial charge in [0.1, 0.15) is 0 Å². The zero-order chi connectivity index (χ0) is 16.6.